The lowest BCUT2D eigenvalue weighted by Gasteiger charge is -2.19. The Morgan fingerprint density at radius 1 is 1.43 bits per heavy atom. The van der Waals surface area contributed by atoms with E-state index >= 15 is 0 Å². The van der Waals surface area contributed by atoms with Crippen LogP contribution in [0.4, 0.5) is 10.5 Å². The third-order valence-electron chi connectivity index (χ3n) is 2.08. The number of rotatable bonds is 2. The van der Waals surface area contributed by atoms with Crippen molar-refractivity contribution >= 4 is 29.1 Å². The number of benzene rings is 1. The zero-order valence-electron chi connectivity index (χ0n) is 12.3. The number of carbonyl (C=O) groups is 1. The van der Waals surface area contributed by atoms with Crippen molar-refractivity contribution in [1.82, 2.24) is 5.32 Å². The molecule has 1 amide bonds. The number of anilines is 1. The lowest BCUT2D eigenvalue weighted by molar-refractivity contribution is 0.0535. The van der Waals surface area contributed by atoms with Gasteiger partial charge in [0.1, 0.15) is 5.60 Å². The highest BCUT2D eigenvalue weighted by Crippen LogP contribution is 2.09. The number of thiocarbonyl (C=S) groups is 1. The van der Waals surface area contributed by atoms with Gasteiger partial charge in [0.25, 0.3) is 0 Å². The molecule has 0 aliphatic rings. The molecule has 0 aliphatic carbocycles. The summed E-state index contributed by atoms with van der Waals surface area (Å²) in [5, 5.41) is 5.60. The summed E-state index contributed by atoms with van der Waals surface area (Å²) in [5.74, 6) is 5.78. The predicted octanol–water partition coefficient (Wildman–Crippen LogP) is 2.22. The van der Waals surface area contributed by atoms with Crippen molar-refractivity contribution in [2.24, 2.45) is 5.73 Å². The molecule has 0 heterocycles. The molecule has 1 rings (SSSR count). The largest absolute Gasteiger partial charge is 0.444 e. The molecule has 0 aromatic heterocycles. The standard InChI is InChI=1S/C15H19N3O2S/c1-15(2,3)20-14(19)17-9-5-7-11-6-4-8-12(10-11)18-13(16)21/h4,6,8,10H,9H2,1-3H3,(H,17,19)(H3,16,18,21). The van der Waals surface area contributed by atoms with E-state index in [1.54, 1.807) is 20.8 Å². The highest BCUT2D eigenvalue weighted by atomic mass is 32.1. The summed E-state index contributed by atoms with van der Waals surface area (Å²) in [7, 11) is 0. The second-order valence-electron chi connectivity index (χ2n) is 5.23. The Kier molecular flexibility index (Phi) is 6.00. The second kappa shape index (κ2) is 7.50. The summed E-state index contributed by atoms with van der Waals surface area (Å²) in [6.45, 7) is 5.62. The van der Waals surface area contributed by atoms with Crippen LogP contribution in [0.1, 0.15) is 26.3 Å². The molecule has 112 valence electrons. The first-order chi connectivity index (χ1) is 9.76. The maximum absolute atomic E-state index is 11.4. The smallest absolute Gasteiger partial charge is 0.408 e. The first kappa shape index (κ1) is 16.8. The molecule has 1 aromatic rings. The number of nitrogens with two attached hydrogens (primary N) is 1. The van der Waals surface area contributed by atoms with Gasteiger partial charge < -0.3 is 21.1 Å². The zero-order chi connectivity index (χ0) is 15.9. The quantitative estimate of drug-likeness (QED) is 0.577. The maximum atomic E-state index is 11.4. The number of hydrogen-bond acceptors (Lipinski definition) is 3. The lowest BCUT2D eigenvalue weighted by Crippen LogP contribution is -2.32. The number of alkyl carbamates (subject to hydrolysis) is 1. The first-order valence-corrected chi connectivity index (χ1v) is 6.79. The minimum atomic E-state index is -0.516. The monoisotopic (exact) mass is 305 g/mol. The molecular formula is C15H19N3O2S. The van der Waals surface area contributed by atoms with Crippen molar-refractivity contribution in [3.8, 4) is 11.8 Å². The van der Waals surface area contributed by atoms with Crippen LogP contribution < -0.4 is 16.4 Å². The SMILES string of the molecule is CC(C)(C)OC(=O)NCC#Cc1cccc(NC(N)=S)c1. The van der Waals surface area contributed by atoms with Crippen LogP contribution in [-0.4, -0.2) is 23.4 Å². The van der Waals surface area contributed by atoms with Gasteiger partial charge in [0.15, 0.2) is 5.11 Å². The van der Waals surface area contributed by atoms with Gasteiger partial charge in [-0.15, -0.1) is 0 Å². The Morgan fingerprint density at radius 2 is 2.14 bits per heavy atom. The highest BCUT2D eigenvalue weighted by molar-refractivity contribution is 7.80. The van der Waals surface area contributed by atoms with Crippen LogP contribution in [0.25, 0.3) is 0 Å². The van der Waals surface area contributed by atoms with E-state index in [1.807, 2.05) is 24.3 Å². The van der Waals surface area contributed by atoms with E-state index in [1.165, 1.54) is 0 Å². The fourth-order valence-corrected chi connectivity index (χ4v) is 1.51. The van der Waals surface area contributed by atoms with Gasteiger partial charge in [-0.05, 0) is 51.2 Å². The molecule has 0 atom stereocenters. The van der Waals surface area contributed by atoms with Crippen molar-refractivity contribution in [3.63, 3.8) is 0 Å². The normalized spacial score (nSPS) is 10.0. The van der Waals surface area contributed by atoms with E-state index in [-0.39, 0.29) is 11.7 Å². The fraction of sp³-hybridized carbons (Fsp3) is 0.333. The summed E-state index contributed by atoms with van der Waals surface area (Å²) < 4.78 is 5.10. The number of ether oxygens (including phenoxy) is 1. The Morgan fingerprint density at radius 3 is 2.76 bits per heavy atom. The van der Waals surface area contributed by atoms with Gasteiger partial charge in [0.05, 0.1) is 6.54 Å². The van der Waals surface area contributed by atoms with E-state index in [9.17, 15) is 4.79 Å². The van der Waals surface area contributed by atoms with Gasteiger partial charge >= 0.3 is 6.09 Å². The molecule has 4 N–H and O–H groups in total. The van der Waals surface area contributed by atoms with Crippen LogP contribution in [-0.2, 0) is 4.74 Å². The molecular weight excluding hydrogens is 286 g/mol. The molecule has 0 spiro atoms. The molecule has 0 bridgehead atoms. The van der Waals surface area contributed by atoms with Crippen LogP contribution in [0.5, 0.6) is 0 Å². The summed E-state index contributed by atoms with van der Waals surface area (Å²) in [6, 6.07) is 7.35. The van der Waals surface area contributed by atoms with E-state index in [4.69, 9.17) is 22.7 Å². The third kappa shape index (κ3) is 7.80. The minimum absolute atomic E-state index is 0.201. The topological polar surface area (TPSA) is 76.4 Å². The van der Waals surface area contributed by atoms with E-state index in [0.29, 0.717) is 0 Å². The average molecular weight is 305 g/mol. The Bertz CT molecular complexity index is 583. The van der Waals surface area contributed by atoms with E-state index in [2.05, 4.69) is 22.5 Å². The van der Waals surface area contributed by atoms with Crippen LogP contribution in [0.15, 0.2) is 24.3 Å². The average Bonchev–Trinajstić information content (AvgIpc) is 2.32. The van der Waals surface area contributed by atoms with Crippen molar-refractivity contribution in [1.29, 1.82) is 0 Å². The van der Waals surface area contributed by atoms with Crippen LogP contribution >= 0.6 is 12.2 Å². The molecule has 6 heteroatoms. The Balaban J connectivity index is 2.52. The molecule has 0 saturated heterocycles. The van der Waals surface area contributed by atoms with Gasteiger partial charge in [-0.25, -0.2) is 4.79 Å². The summed E-state index contributed by atoms with van der Waals surface area (Å²) in [4.78, 5) is 11.4. The van der Waals surface area contributed by atoms with Gasteiger partial charge in [-0.2, -0.15) is 0 Å². The van der Waals surface area contributed by atoms with Gasteiger partial charge in [-0.3, -0.25) is 0 Å². The highest BCUT2D eigenvalue weighted by Gasteiger charge is 2.14. The van der Waals surface area contributed by atoms with Gasteiger partial charge in [-0.1, -0.05) is 17.9 Å². The molecule has 0 radical (unpaired) electrons. The van der Waals surface area contributed by atoms with Crippen molar-refractivity contribution in [2.75, 3.05) is 11.9 Å². The molecule has 0 saturated carbocycles. The number of amides is 1. The van der Waals surface area contributed by atoms with E-state index in [0.717, 1.165) is 11.3 Å². The van der Waals surface area contributed by atoms with E-state index < -0.39 is 11.7 Å². The molecule has 0 unspecified atom stereocenters. The van der Waals surface area contributed by atoms with Crippen molar-refractivity contribution in [3.05, 3.63) is 29.8 Å². The Labute approximate surface area is 130 Å². The first-order valence-electron chi connectivity index (χ1n) is 6.38. The van der Waals surface area contributed by atoms with Crippen LogP contribution in [0, 0.1) is 11.8 Å². The van der Waals surface area contributed by atoms with Crippen LogP contribution in [0.2, 0.25) is 0 Å². The molecule has 0 aliphatic heterocycles. The molecule has 21 heavy (non-hydrogen) atoms. The van der Waals surface area contributed by atoms with Gasteiger partial charge in [0.2, 0.25) is 0 Å². The summed E-state index contributed by atoms with van der Waals surface area (Å²) in [6.07, 6.45) is -0.485. The van der Waals surface area contributed by atoms with Crippen molar-refractivity contribution < 1.29 is 9.53 Å². The molecule has 0 fully saturated rings. The van der Waals surface area contributed by atoms with Gasteiger partial charge in [0, 0.05) is 11.3 Å². The number of carbonyl (C=O) groups excluding carboxylic acids is 1. The Hall–Kier alpha value is -2.26. The molecule has 1 aromatic carbocycles. The zero-order valence-corrected chi connectivity index (χ0v) is 13.1. The number of hydrogen-bond donors (Lipinski definition) is 3. The summed E-state index contributed by atoms with van der Waals surface area (Å²) >= 11 is 4.77. The summed E-state index contributed by atoms with van der Waals surface area (Å²) in [5.41, 5.74) is 6.45. The third-order valence-corrected chi connectivity index (χ3v) is 2.18. The number of nitrogens with one attached hydrogen (secondary N) is 2. The lowest BCUT2D eigenvalue weighted by atomic mass is 10.2. The maximum Gasteiger partial charge on any atom is 0.408 e. The molecule has 5 nitrogen and oxygen atoms in total. The predicted molar refractivity (Wildman–Crippen MR) is 88.0 cm³/mol. The van der Waals surface area contributed by atoms with Crippen molar-refractivity contribution in [2.45, 2.75) is 26.4 Å². The minimum Gasteiger partial charge on any atom is -0.444 e. The second-order valence-corrected chi connectivity index (χ2v) is 5.67. The van der Waals surface area contributed by atoms with Crippen LogP contribution in [0.3, 0.4) is 0 Å². The fourth-order valence-electron chi connectivity index (χ4n) is 1.39.